The van der Waals surface area contributed by atoms with Crippen LogP contribution in [-0.4, -0.2) is 41.6 Å². The van der Waals surface area contributed by atoms with Crippen LogP contribution in [-0.2, 0) is 9.59 Å². The van der Waals surface area contributed by atoms with E-state index in [-0.39, 0.29) is 22.5 Å². The highest BCUT2D eigenvalue weighted by molar-refractivity contribution is 8.00. The summed E-state index contributed by atoms with van der Waals surface area (Å²) in [4.78, 5) is 25.2. The molecule has 1 saturated heterocycles. The second-order valence-electron chi connectivity index (χ2n) is 4.42. The maximum absolute atomic E-state index is 13.4. The Hall–Kier alpha value is -1.63. The minimum absolute atomic E-state index is 0.0141. The lowest BCUT2D eigenvalue weighted by atomic mass is 10.2. The van der Waals surface area contributed by atoms with Crippen LogP contribution in [0.25, 0.3) is 0 Å². The fourth-order valence-electron chi connectivity index (χ4n) is 1.94. The molecule has 0 saturated carbocycles. The molecule has 108 valence electrons. The Morgan fingerprint density at radius 1 is 1.50 bits per heavy atom. The van der Waals surface area contributed by atoms with Crippen LogP contribution in [0.15, 0.2) is 23.1 Å². The first-order valence-electron chi connectivity index (χ1n) is 6.14. The Labute approximate surface area is 119 Å². The van der Waals surface area contributed by atoms with Gasteiger partial charge in [0, 0.05) is 24.1 Å². The van der Waals surface area contributed by atoms with E-state index in [0.29, 0.717) is 13.1 Å². The zero-order valence-corrected chi connectivity index (χ0v) is 11.7. The molecule has 4 nitrogen and oxygen atoms in total. The Morgan fingerprint density at radius 3 is 2.95 bits per heavy atom. The molecule has 0 radical (unpaired) electrons. The van der Waals surface area contributed by atoms with E-state index in [1.165, 1.54) is 11.0 Å². The number of piperazine rings is 1. The van der Waals surface area contributed by atoms with Gasteiger partial charge in [0.25, 0.3) is 0 Å². The quantitative estimate of drug-likeness (QED) is 0.859. The van der Waals surface area contributed by atoms with Gasteiger partial charge < -0.3 is 10.2 Å². The lowest BCUT2D eigenvalue weighted by molar-refractivity contribution is -0.140. The van der Waals surface area contributed by atoms with Crippen molar-refractivity contribution in [1.82, 2.24) is 10.2 Å². The van der Waals surface area contributed by atoms with E-state index >= 15 is 0 Å². The monoisotopic (exact) mass is 300 g/mol. The molecule has 2 amide bonds. The van der Waals surface area contributed by atoms with Crippen molar-refractivity contribution in [3.63, 3.8) is 0 Å². The number of halogens is 2. The van der Waals surface area contributed by atoms with Crippen LogP contribution in [0.2, 0.25) is 0 Å². The third kappa shape index (κ3) is 3.27. The van der Waals surface area contributed by atoms with Crippen molar-refractivity contribution < 1.29 is 18.4 Å². The SMILES string of the molecule is CC1C(=O)NCCN1C(=O)CSc1ccc(F)cc1F. The number of nitrogens with one attached hydrogen (secondary N) is 1. The summed E-state index contributed by atoms with van der Waals surface area (Å²) >= 11 is 0.996. The standard InChI is InChI=1S/C13H14F2N2O2S/c1-8-13(19)16-4-5-17(8)12(18)7-20-11-3-2-9(14)6-10(11)15/h2-3,6,8H,4-5,7H2,1H3,(H,16,19). The van der Waals surface area contributed by atoms with Crippen LogP contribution in [0.5, 0.6) is 0 Å². The van der Waals surface area contributed by atoms with Crippen molar-refractivity contribution in [3.05, 3.63) is 29.8 Å². The van der Waals surface area contributed by atoms with E-state index in [2.05, 4.69) is 5.32 Å². The third-order valence-corrected chi connectivity index (χ3v) is 4.10. The Bertz CT molecular complexity index is 539. The van der Waals surface area contributed by atoms with E-state index in [4.69, 9.17) is 0 Å². The molecule has 1 unspecified atom stereocenters. The molecule has 0 bridgehead atoms. The molecule has 1 fully saturated rings. The minimum atomic E-state index is -0.688. The average molecular weight is 300 g/mol. The molecule has 2 rings (SSSR count). The molecule has 1 aliphatic rings. The number of amides is 2. The van der Waals surface area contributed by atoms with Gasteiger partial charge in [0.15, 0.2) is 0 Å². The maximum Gasteiger partial charge on any atom is 0.242 e. The fraction of sp³-hybridized carbons (Fsp3) is 0.385. The zero-order chi connectivity index (χ0) is 14.7. The van der Waals surface area contributed by atoms with Crippen LogP contribution in [0.4, 0.5) is 8.78 Å². The predicted molar refractivity (Wildman–Crippen MR) is 71.3 cm³/mol. The molecule has 1 atom stereocenters. The number of carbonyl (C=O) groups is 2. The van der Waals surface area contributed by atoms with Gasteiger partial charge in [-0.15, -0.1) is 11.8 Å². The summed E-state index contributed by atoms with van der Waals surface area (Å²) in [5.41, 5.74) is 0. The van der Waals surface area contributed by atoms with E-state index in [0.717, 1.165) is 23.9 Å². The summed E-state index contributed by atoms with van der Waals surface area (Å²) in [5.74, 6) is -1.75. The molecule has 1 aromatic rings. The van der Waals surface area contributed by atoms with E-state index in [1.807, 2.05) is 0 Å². The molecular weight excluding hydrogens is 286 g/mol. The number of carbonyl (C=O) groups excluding carboxylic acids is 2. The summed E-state index contributed by atoms with van der Waals surface area (Å²) in [6.07, 6.45) is 0. The highest BCUT2D eigenvalue weighted by Crippen LogP contribution is 2.23. The van der Waals surface area contributed by atoms with Crippen molar-refractivity contribution in [3.8, 4) is 0 Å². The van der Waals surface area contributed by atoms with Gasteiger partial charge in [-0.1, -0.05) is 0 Å². The number of hydrogen-bond acceptors (Lipinski definition) is 3. The van der Waals surface area contributed by atoms with Crippen molar-refractivity contribution in [2.24, 2.45) is 0 Å². The van der Waals surface area contributed by atoms with Gasteiger partial charge >= 0.3 is 0 Å². The Kier molecular flexibility index (Phi) is 4.59. The molecule has 0 aliphatic carbocycles. The smallest absolute Gasteiger partial charge is 0.242 e. The van der Waals surface area contributed by atoms with Crippen LogP contribution in [0.3, 0.4) is 0 Å². The molecule has 1 aliphatic heterocycles. The van der Waals surface area contributed by atoms with Crippen LogP contribution in [0.1, 0.15) is 6.92 Å². The van der Waals surface area contributed by atoms with Gasteiger partial charge in [-0.05, 0) is 19.1 Å². The zero-order valence-electron chi connectivity index (χ0n) is 10.9. The molecule has 1 N–H and O–H groups in total. The number of rotatable bonds is 3. The summed E-state index contributed by atoms with van der Waals surface area (Å²) in [7, 11) is 0. The normalized spacial score (nSPS) is 18.9. The molecule has 1 heterocycles. The first-order valence-corrected chi connectivity index (χ1v) is 7.12. The van der Waals surface area contributed by atoms with Gasteiger partial charge in [-0.3, -0.25) is 9.59 Å². The van der Waals surface area contributed by atoms with Crippen molar-refractivity contribution in [1.29, 1.82) is 0 Å². The molecular formula is C13H14F2N2O2S. The first-order chi connectivity index (χ1) is 9.49. The minimum Gasteiger partial charge on any atom is -0.353 e. The van der Waals surface area contributed by atoms with Gasteiger partial charge in [0.1, 0.15) is 17.7 Å². The number of thioether (sulfide) groups is 1. The van der Waals surface area contributed by atoms with Gasteiger partial charge in [-0.2, -0.15) is 0 Å². The molecule has 7 heteroatoms. The summed E-state index contributed by atoms with van der Waals surface area (Å²) in [6.45, 7) is 2.51. The number of hydrogen-bond donors (Lipinski definition) is 1. The Morgan fingerprint density at radius 2 is 2.25 bits per heavy atom. The molecule has 0 spiro atoms. The maximum atomic E-state index is 13.4. The van der Waals surface area contributed by atoms with Gasteiger partial charge in [0.05, 0.1) is 5.75 Å². The van der Waals surface area contributed by atoms with Crippen molar-refractivity contribution >= 4 is 23.6 Å². The summed E-state index contributed by atoms with van der Waals surface area (Å²) in [5, 5.41) is 2.66. The predicted octanol–water partition coefficient (Wildman–Crippen LogP) is 1.40. The second kappa shape index (κ2) is 6.21. The highest BCUT2D eigenvalue weighted by Gasteiger charge is 2.29. The number of nitrogens with zero attached hydrogens (tertiary/aromatic N) is 1. The fourth-order valence-corrected chi connectivity index (χ4v) is 2.74. The van der Waals surface area contributed by atoms with Crippen LogP contribution < -0.4 is 5.32 Å². The molecule has 0 aromatic heterocycles. The largest absolute Gasteiger partial charge is 0.353 e. The third-order valence-electron chi connectivity index (χ3n) is 3.06. The highest BCUT2D eigenvalue weighted by atomic mass is 32.2. The summed E-state index contributed by atoms with van der Waals surface area (Å²) in [6, 6.07) is 2.71. The Balaban J connectivity index is 1.96. The molecule has 1 aromatic carbocycles. The van der Waals surface area contributed by atoms with Crippen molar-refractivity contribution in [2.45, 2.75) is 17.9 Å². The van der Waals surface area contributed by atoms with Crippen molar-refractivity contribution in [2.75, 3.05) is 18.8 Å². The average Bonchev–Trinajstić information content (AvgIpc) is 2.40. The first kappa shape index (κ1) is 14.8. The molecule has 20 heavy (non-hydrogen) atoms. The second-order valence-corrected chi connectivity index (χ2v) is 5.43. The van der Waals surface area contributed by atoms with Crippen LogP contribution in [0, 0.1) is 11.6 Å². The van der Waals surface area contributed by atoms with Crippen LogP contribution >= 0.6 is 11.8 Å². The van der Waals surface area contributed by atoms with Gasteiger partial charge in [-0.25, -0.2) is 8.78 Å². The lowest BCUT2D eigenvalue weighted by Crippen LogP contribution is -2.56. The topological polar surface area (TPSA) is 49.4 Å². The van der Waals surface area contributed by atoms with E-state index < -0.39 is 17.7 Å². The lowest BCUT2D eigenvalue weighted by Gasteiger charge is -2.32. The van der Waals surface area contributed by atoms with E-state index in [9.17, 15) is 18.4 Å². The summed E-state index contributed by atoms with van der Waals surface area (Å²) < 4.78 is 26.2. The number of benzene rings is 1. The van der Waals surface area contributed by atoms with E-state index in [1.54, 1.807) is 6.92 Å². The van der Waals surface area contributed by atoms with Gasteiger partial charge in [0.2, 0.25) is 11.8 Å².